The van der Waals surface area contributed by atoms with Gasteiger partial charge in [-0.15, -0.1) is 0 Å². The maximum absolute atomic E-state index is 13.3. The lowest BCUT2D eigenvalue weighted by atomic mass is 10.1. The predicted molar refractivity (Wildman–Crippen MR) is 141 cm³/mol. The van der Waals surface area contributed by atoms with Crippen LogP contribution in [0.4, 0.5) is 5.69 Å². The molecule has 3 aromatic rings. The molecule has 0 unspecified atom stereocenters. The maximum Gasteiger partial charge on any atom is 0.274 e. The minimum atomic E-state index is -0.293. The molecule has 0 saturated heterocycles. The van der Waals surface area contributed by atoms with Gasteiger partial charge in [-0.2, -0.15) is 5.10 Å². The number of methoxy groups -OCH3 is 1. The lowest BCUT2D eigenvalue weighted by molar-refractivity contribution is -0.116. The fourth-order valence-corrected chi connectivity index (χ4v) is 4.42. The van der Waals surface area contributed by atoms with E-state index in [9.17, 15) is 14.4 Å². The molecule has 1 N–H and O–H groups in total. The SMILES string of the molecule is CCN(CCC(=O)Nc1ccc(OC)cc1)C(=O)c1cc2n(n1)CCCN(Cc1cccc(C)c1)C2=O. The highest BCUT2D eigenvalue weighted by Gasteiger charge is 2.28. The van der Waals surface area contributed by atoms with Crippen molar-refractivity contribution in [3.05, 3.63) is 77.1 Å². The van der Waals surface area contributed by atoms with Crippen molar-refractivity contribution >= 4 is 23.4 Å². The quantitative estimate of drug-likeness (QED) is 0.480. The Hall–Kier alpha value is -4.14. The summed E-state index contributed by atoms with van der Waals surface area (Å²) in [5, 5.41) is 7.29. The molecule has 194 valence electrons. The van der Waals surface area contributed by atoms with E-state index >= 15 is 0 Å². The van der Waals surface area contributed by atoms with Gasteiger partial charge in [-0.1, -0.05) is 29.8 Å². The summed E-state index contributed by atoms with van der Waals surface area (Å²) in [5.41, 5.74) is 3.52. The number of nitrogens with zero attached hydrogens (tertiary/aromatic N) is 4. The number of anilines is 1. The highest BCUT2D eigenvalue weighted by atomic mass is 16.5. The number of rotatable bonds is 9. The first kappa shape index (κ1) is 25.9. The van der Waals surface area contributed by atoms with Crippen LogP contribution in [0.25, 0.3) is 0 Å². The number of ether oxygens (including phenoxy) is 1. The molecule has 37 heavy (non-hydrogen) atoms. The van der Waals surface area contributed by atoms with Crippen LogP contribution in [-0.2, 0) is 17.9 Å². The molecule has 2 heterocycles. The van der Waals surface area contributed by atoms with Crippen molar-refractivity contribution in [2.24, 2.45) is 0 Å². The third-order valence-corrected chi connectivity index (χ3v) is 6.41. The highest BCUT2D eigenvalue weighted by Crippen LogP contribution is 2.19. The molecule has 0 spiro atoms. The Balaban J connectivity index is 1.39. The second-order valence-electron chi connectivity index (χ2n) is 9.12. The molecule has 9 heteroatoms. The lowest BCUT2D eigenvalue weighted by Crippen LogP contribution is -2.34. The van der Waals surface area contributed by atoms with E-state index in [1.54, 1.807) is 47.0 Å². The van der Waals surface area contributed by atoms with Gasteiger partial charge in [0, 0.05) is 50.9 Å². The van der Waals surface area contributed by atoms with Crippen molar-refractivity contribution in [2.75, 3.05) is 32.1 Å². The number of amides is 3. The van der Waals surface area contributed by atoms with E-state index in [4.69, 9.17) is 4.74 Å². The monoisotopic (exact) mass is 503 g/mol. The molecule has 1 aliphatic heterocycles. The van der Waals surface area contributed by atoms with Gasteiger partial charge in [0.25, 0.3) is 11.8 Å². The third kappa shape index (κ3) is 6.35. The number of carbonyl (C=O) groups excluding carboxylic acids is 3. The Morgan fingerprint density at radius 1 is 1.11 bits per heavy atom. The van der Waals surface area contributed by atoms with Gasteiger partial charge in [0.1, 0.15) is 11.4 Å². The zero-order valence-corrected chi connectivity index (χ0v) is 21.6. The normalized spacial score (nSPS) is 13.1. The first-order valence-electron chi connectivity index (χ1n) is 12.5. The van der Waals surface area contributed by atoms with Crippen molar-refractivity contribution in [3.8, 4) is 5.75 Å². The number of hydrogen-bond acceptors (Lipinski definition) is 5. The van der Waals surface area contributed by atoms with Crippen LogP contribution in [0.3, 0.4) is 0 Å². The number of nitrogens with one attached hydrogen (secondary N) is 1. The van der Waals surface area contributed by atoms with Gasteiger partial charge in [-0.3, -0.25) is 19.1 Å². The minimum absolute atomic E-state index is 0.132. The average molecular weight is 504 g/mol. The molecule has 0 aliphatic carbocycles. The smallest absolute Gasteiger partial charge is 0.274 e. The van der Waals surface area contributed by atoms with Gasteiger partial charge >= 0.3 is 0 Å². The molecule has 0 saturated carbocycles. The number of fused-ring (bicyclic) bond motifs is 1. The van der Waals surface area contributed by atoms with Crippen LogP contribution < -0.4 is 10.1 Å². The Labute approximate surface area is 217 Å². The van der Waals surface area contributed by atoms with Crippen LogP contribution in [-0.4, -0.2) is 64.0 Å². The number of benzene rings is 2. The van der Waals surface area contributed by atoms with Gasteiger partial charge in [-0.05, 0) is 50.1 Å². The fraction of sp³-hybridized carbons (Fsp3) is 0.357. The standard InChI is InChI=1S/C28H33N5O4/c1-4-31(16-13-26(34)29-22-9-11-23(37-3)12-10-22)27(35)24-18-25-28(36)32(14-6-15-33(25)30-24)19-21-8-5-7-20(2)17-21/h5,7-12,17-18H,4,6,13-16,19H2,1-3H3,(H,29,34). The molecule has 1 aliphatic rings. The van der Waals surface area contributed by atoms with Gasteiger partial charge in [-0.25, -0.2) is 0 Å². The Bertz CT molecular complexity index is 1270. The molecule has 4 rings (SSSR count). The van der Waals surface area contributed by atoms with E-state index in [1.807, 2.05) is 36.9 Å². The van der Waals surface area contributed by atoms with Crippen LogP contribution in [0.15, 0.2) is 54.6 Å². The average Bonchev–Trinajstić information content (AvgIpc) is 3.26. The Morgan fingerprint density at radius 3 is 2.59 bits per heavy atom. The molecule has 0 fully saturated rings. The number of aryl methyl sites for hydroxylation is 2. The zero-order chi connectivity index (χ0) is 26.4. The van der Waals surface area contributed by atoms with Crippen LogP contribution >= 0.6 is 0 Å². The fourth-order valence-electron chi connectivity index (χ4n) is 4.42. The zero-order valence-electron chi connectivity index (χ0n) is 21.6. The van der Waals surface area contributed by atoms with Crippen molar-refractivity contribution in [2.45, 2.75) is 39.8 Å². The molecular weight excluding hydrogens is 470 g/mol. The van der Waals surface area contributed by atoms with E-state index in [0.29, 0.717) is 43.3 Å². The topological polar surface area (TPSA) is 96.8 Å². The van der Waals surface area contributed by atoms with Crippen molar-refractivity contribution < 1.29 is 19.1 Å². The largest absolute Gasteiger partial charge is 0.497 e. The van der Waals surface area contributed by atoms with E-state index < -0.39 is 0 Å². The summed E-state index contributed by atoms with van der Waals surface area (Å²) in [4.78, 5) is 42.4. The summed E-state index contributed by atoms with van der Waals surface area (Å²) in [6.45, 7) is 6.26. The maximum atomic E-state index is 13.3. The van der Waals surface area contributed by atoms with Crippen molar-refractivity contribution in [1.82, 2.24) is 19.6 Å². The lowest BCUT2D eigenvalue weighted by Gasteiger charge is -2.20. The molecule has 1 aromatic heterocycles. The molecule has 0 bridgehead atoms. The van der Waals surface area contributed by atoms with Crippen molar-refractivity contribution in [1.29, 1.82) is 0 Å². The third-order valence-electron chi connectivity index (χ3n) is 6.41. The highest BCUT2D eigenvalue weighted by molar-refractivity contribution is 5.98. The molecular formula is C28H33N5O4. The summed E-state index contributed by atoms with van der Waals surface area (Å²) in [6, 6.07) is 16.8. The molecule has 9 nitrogen and oxygen atoms in total. The Kier molecular flexibility index (Phi) is 8.22. The first-order chi connectivity index (χ1) is 17.9. The van der Waals surface area contributed by atoms with Gasteiger partial charge in [0.05, 0.1) is 7.11 Å². The van der Waals surface area contributed by atoms with Crippen LogP contribution in [0, 0.1) is 6.92 Å². The van der Waals surface area contributed by atoms with E-state index in [2.05, 4.69) is 16.5 Å². The van der Waals surface area contributed by atoms with Crippen LogP contribution in [0.2, 0.25) is 0 Å². The first-order valence-corrected chi connectivity index (χ1v) is 12.5. The second-order valence-corrected chi connectivity index (χ2v) is 9.12. The van der Waals surface area contributed by atoms with E-state index in [0.717, 1.165) is 17.5 Å². The molecule has 0 radical (unpaired) electrons. The minimum Gasteiger partial charge on any atom is -0.497 e. The van der Waals surface area contributed by atoms with Gasteiger partial charge < -0.3 is 19.9 Å². The summed E-state index contributed by atoms with van der Waals surface area (Å²) >= 11 is 0. The molecule has 3 amide bonds. The molecule has 2 aromatic carbocycles. The number of aromatic nitrogens is 2. The van der Waals surface area contributed by atoms with E-state index in [-0.39, 0.29) is 36.4 Å². The summed E-state index contributed by atoms with van der Waals surface area (Å²) in [6.07, 6.45) is 0.894. The van der Waals surface area contributed by atoms with E-state index in [1.165, 1.54) is 0 Å². The number of hydrogen-bond donors (Lipinski definition) is 1. The summed E-state index contributed by atoms with van der Waals surface area (Å²) in [7, 11) is 1.58. The summed E-state index contributed by atoms with van der Waals surface area (Å²) in [5.74, 6) is 0.0841. The summed E-state index contributed by atoms with van der Waals surface area (Å²) < 4.78 is 6.76. The predicted octanol–water partition coefficient (Wildman–Crippen LogP) is 3.74. The van der Waals surface area contributed by atoms with Crippen LogP contribution in [0.1, 0.15) is 51.9 Å². The Morgan fingerprint density at radius 2 is 1.89 bits per heavy atom. The van der Waals surface area contributed by atoms with Gasteiger partial charge in [0.15, 0.2) is 5.69 Å². The van der Waals surface area contributed by atoms with Crippen molar-refractivity contribution in [3.63, 3.8) is 0 Å². The van der Waals surface area contributed by atoms with Crippen LogP contribution in [0.5, 0.6) is 5.75 Å². The molecule has 0 atom stereocenters. The second kappa shape index (κ2) is 11.7. The van der Waals surface area contributed by atoms with Gasteiger partial charge in [0.2, 0.25) is 5.91 Å². The number of carbonyl (C=O) groups is 3.